The summed E-state index contributed by atoms with van der Waals surface area (Å²) in [5.41, 5.74) is 3.56. The molecule has 0 spiro atoms. The molecule has 1 aromatic heterocycles. The van der Waals surface area contributed by atoms with Gasteiger partial charge in [0.05, 0.1) is 0 Å². The lowest BCUT2D eigenvalue weighted by molar-refractivity contribution is -0.117. The van der Waals surface area contributed by atoms with Gasteiger partial charge in [0, 0.05) is 28.2 Å². The van der Waals surface area contributed by atoms with E-state index in [2.05, 4.69) is 26.6 Å². The van der Waals surface area contributed by atoms with Gasteiger partial charge in [-0.2, -0.15) is 0 Å². The molecule has 0 radical (unpaired) electrons. The minimum absolute atomic E-state index is 0.0951. The van der Waals surface area contributed by atoms with E-state index in [1.54, 1.807) is 30.3 Å². The molecule has 34 heavy (non-hydrogen) atoms. The zero-order chi connectivity index (χ0) is 23.9. The minimum atomic E-state index is -0.411. The lowest BCUT2D eigenvalue weighted by Crippen LogP contribution is -2.34. The molecule has 0 bridgehead atoms. The normalized spacial score (nSPS) is 11.2. The van der Waals surface area contributed by atoms with Crippen LogP contribution in [0.5, 0.6) is 0 Å². The van der Waals surface area contributed by atoms with Crippen molar-refractivity contribution in [3.63, 3.8) is 0 Å². The van der Waals surface area contributed by atoms with Crippen molar-refractivity contribution in [3.8, 4) is 11.3 Å². The first-order valence-corrected chi connectivity index (χ1v) is 11.5. The number of furan rings is 1. The Hall–Kier alpha value is -3.90. The number of carbonyl (C=O) groups excluding carboxylic acids is 2. The van der Waals surface area contributed by atoms with Gasteiger partial charge in [0.25, 0.3) is 11.8 Å². The molecular formula is C28H23BrN2O3. The smallest absolute Gasteiger partial charge is 0.268 e. The number of amides is 2. The zero-order valence-corrected chi connectivity index (χ0v) is 20.1. The van der Waals surface area contributed by atoms with Gasteiger partial charge in [-0.05, 0) is 48.9 Å². The van der Waals surface area contributed by atoms with Gasteiger partial charge >= 0.3 is 0 Å². The fourth-order valence-electron chi connectivity index (χ4n) is 3.27. The number of hydrogen-bond acceptors (Lipinski definition) is 3. The monoisotopic (exact) mass is 514 g/mol. The Labute approximate surface area is 206 Å². The van der Waals surface area contributed by atoms with E-state index in [1.165, 1.54) is 6.08 Å². The summed E-state index contributed by atoms with van der Waals surface area (Å²) < 4.78 is 6.90. The maximum atomic E-state index is 13.0. The lowest BCUT2D eigenvalue weighted by atomic mass is 10.1. The Morgan fingerprint density at radius 3 is 2.29 bits per heavy atom. The number of carbonyl (C=O) groups is 2. The highest BCUT2D eigenvalue weighted by Crippen LogP contribution is 2.25. The molecule has 0 saturated carbocycles. The molecule has 170 valence electrons. The van der Waals surface area contributed by atoms with Gasteiger partial charge in [-0.3, -0.25) is 9.59 Å². The summed E-state index contributed by atoms with van der Waals surface area (Å²) in [5.74, 6) is 0.322. The van der Waals surface area contributed by atoms with Crippen LogP contribution in [0.15, 0.2) is 106 Å². The Balaban J connectivity index is 1.56. The molecule has 0 fully saturated rings. The second-order valence-corrected chi connectivity index (χ2v) is 8.67. The van der Waals surface area contributed by atoms with E-state index in [0.29, 0.717) is 23.6 Å². The molecule has 2 amide bonds. The maximum Gasteiger partial charge on any atom is 0.268 e. The van der Waals surface area contributed by atoms with Crippen molar-refractivity contribution in [1.82, 2.24) is 10.6 Å². The summed E-state index contributed by atoms with van der Waals surface area (Å²) in [5, 5.41) is 5.60. The molecule has 0 saturated heterocycles. The second kappa shape index (κ2) is 10.8. The Bertz CT molecular complexity index is 1310. The van der Waals surface area contributed by atoms with Gasteiger partial charge in [-0.25, -0.2) is 0 Å². The van der Waals surface area contributed by atoms with Crippen LogP contribution >= 0.6 is 15.9 Å². The SMILES string of the molecule is Cc1ccc(CNC(=O)/C(=C/c2ccc(-c3ccc(Br)cc3)o2)NC(=O)c2ccccc2)cc1. The van der Waals surface area contributed by atoms with Crippen LogP contribution in [0.25, 0.3) is 17.4 Å². The van der Waals surface area contributed by atoms with Crippen LogP contribution in [0.2, 0.25) is 0 Å². The van der Waals surface area contributed by atoms with Crippen LogP contribution < -0.4 is 10.6 Å². The summed E-state index contributed by atoms with van der Waals surface area (Å²) in [6, 6.07) is 28.0. The molecule has 1 heterocycles. The average molecular weight is 515 g/mol. The Kier molecular flexibility index (Phi) is 7.40. The van der Waals surface area contributed by atoms with Crippen molar-refractivity contribution < 1.29 is 14.0 Å². The van der Waals surface area contributed by atoms with Gasteiger partial charge in [-0.1, -0.05) is 76.1 Å². The molecule has 2 N–H and O–H groups in total. The molecule has 0 aliphatic heterocycles. The standard InChI is InChI=1S/C28H23BrN2O3/c1-19-7-9-20(10-8-19)18-30-28(33)25(31-27(32)22-5-3-2-4-6-22)17-24-15-16-26(34-24)21-11-13-23(29)14-12-21/h2-17H,18H2,1H3,(H,30,33)(H,31,32)/b25-17-. The number of nitrogens with one attached hydrogen (secondary N) is 2. The van der Waals surface area contributed by atoms with E-state index < -0.39 is 5.91 Å². The van der Waals surface area contributed by atoms with Gasteiger partial charge in [0.15, 0.2) is 0 Å². The molecule has 0 atom stereocenters. The predicted molar refractivity (Wildman–Crippen MR) is 137 cm³/mol. The number of benzene rings is 3. The second-order valence-electron chi connectivity index (χ2n) is 7.76. The minimum Gasteiger partial charge on any atom is -0.457 e. The molecule has 6 heteroatoms. The quantitative estimate of drug-likeness (QED) is 0.292. The van der Waals surface area contributed by atoms with Crippen molar-refractivity contribution >= 4 is 33.8 Å². The topological polar surface area (TPSA) is 71.3 Å². The van der Waals surface area contributed by atoms with Crippen molar-refractivity contribution in [1.29, 1.82) is 0 Å². The van der Waals surface area contributed by atoms with Crippen LogP contribution in [-0.4, -0.2) is 11.8 Å². The number of hydrogen-bond donors (Lipinski definition) is 2. The molecule has 4 rings (SSSR count). The first kappa shape index (κ1) is 23.3. The van der Waals surface area contributed by atoms with Gasteiger partial charge in [-0.15, -0.1) is 0 Å². The third-order valence-electron chi connectivity index (χ3n) is 5.14. The predicted octanol–water partition coefficient (Wildman–Crippen LogP) is 6.10. The highest BCUT2D eigenvalue weighted by molar-refractivity contribution is 9.10. The third-order valence-corrected chi connectivity index (χ3v) is 5.67. The molecular weight excluding hydrogens is 492 g/mol. The molecule has 5 nitrogen and oxygen atoms in total. The first-order valence-electron chi connectivity index (χ1n) is 10.8. The molecule has 4 aromatic rings. The van der Waals surface area contributed by atoms with E-state index in [1.807, 2.05) is 67.6 Å². The number of rotatable bonds is 7. The van der Waals surface area contributed by atoms with E-state index >= 15 is 0 Å². The highest BCUT2D eigenvalue weighted by atomic mass is 79.9. The third kappa shape index (κ3) is 6.11. The van der Waals surface area contributed by atoms with Crippen LogP contribution in [0.1, 0.15) is 27.2 Å². The number of halogens is 1. The average Bonchev–Trinajstić information content (AvgIpc) is 3.32. The number of aryl methyl sites for hydroxylation is 1. The first-order chi connectivity index (χ1) is 16.5. The van der Waals surface area contributed by atoms with E-state index in [9.17, 15) is 9.59 Å². The van der Waals surface area contributed by atoms with Gasteiger partial charge in [0.2, 0.25) is 0 Å². The van der Waals surface area contributed by atoms with Crippen LogP contribution in [-0.2, 0) is 11.3 Å². The van der Waals surface area contributed by atoms with Gasteiger partial charge < -0.3 is 15.1 Å². The van der Waals surface area contributed by atoms with Crippen LogP contribution in [0.3, 0.4) is 0 Å². The van der Waals surface area contributed by atoms with Gasteiger partial charge in [0.1, 0.15) is 17.2 Å². The largest absolute Gasteiger partial charge is 0.457 e. The lowest BCUT2D eigenvalue weighted by Gasteiger charge is -2.11. The Morgan fingerprint density at radius 1 is 0.882 bits per heavy atom. The fraction of sp³-hybridized carbons (Fsp3) is 0.0714. The van der Waals surface area contributed by atoms with Crippen LogP contribution in [0.4, 0.5) is 0 Å². The van der Waals surface area contributed by atoms with E-state index in [-0.39, 0.29) is 11.6 Å². The highest BCUT2D eigenvalue weighted by Gasteiger charge is 2.16. The summed E-state index contributed by atoms with van der Waals surface area (Å²) in [4.78, 5) is 25.8. The summed E-state index contributed by atoms with van der Waals surface area (Å²) in [6.45, 7) is 2.34. The maximum absolute atomic E-state index is 13.0. The molecule has 0 aliphatic rings. The summed E-state index contributed by atoms with van der Waals surface area (Å²) in [6.07, 6.45) is 1.54. The van der Waals surface area contributed by atoms with E-state index in [0.717, 1.165) is 21.2 Å². The summed E-state index contributed by atoms with van der Waals surface area (Å²) >= 11 is 3.42. The van der Waals surface area contributed by atoms with Crippen molar-refractivity contribution in [3.05, 3.63) is 124 Å². The van der Waals surface area contributed by atoms with Crippen molar-refractivity contribution in [2.45, 2.75) is 13.5 Å². The Morgan fingerprint density at radius 2 is 1.59 bits per heavy atom. The van der Waals surface area contributed by atoms with Crippen LogP contribution in [0, 0.1) is 6.92 Å². The molecule has 3 aromatic carbocycles. The van der Waals surface area contributed by atoms with Crippen molar-refractivity contribution in [2.75, 3.05) is 0 Å². The van der Waals surface area contributed by atoms with Crippen molar-refractivity contribution in [2.24, 2.45) is 0 Å². The zero-order valence-electron chi connectivity index (χ0n) is 18.5. The molecule has 0 aliphatic carbocycles. The fourth-order valence-corrected chi connectivity index (χ4v) is 3.53. The molecule has 0 unspecified atom stereocenters. The summed E-state index contributed by atoms with van der Waals surface area (Å²) in [7, 11) is 0. The van der Waals surface area contributed by atoms with E-state index in [4.69, 9.17) is 4.42 Å².